The summed E-state index contributed by atoms with van der Waals surface area (Å²) in [7, 11) is 1.59. The van der Waals surface area contributed by atoms with E-state index in [1.807, 2.05) is 17.0 Å². The highest BCUT2D eigenvalue weighted by Crippen LogP contribution is 2.09. The number of hydrogen-bond acceptors (Lipinski definition) is 4. The quantitative estimate of drug-likeness (QED) is 0.867. The lowest BCUT2D eigenvalue weighted by molar-refractivity contribution is -0.131. The lowest BCUT2D eigenvalue weighted by Crippen LogP contribution is -2.40. The van der Waals surface area contributed by atoms with Crippen molar-refractivity contribution in [2.45, 2.75) is 25.8 Å². The first-order chi connectivity index (χ1) is 9.29. The number of nitrogens with zero attached hydrogens (tertiary/aromatic N) is 2. The van der Waals surface area contributed by atoms with Crippen LogP contribution in [0.1, 0.15) is 24.8 Å². The molecule has 0 saturated carbocycles. The lowest BCUT2D eigenvalue weighted by atomic mass is 10.1. The molecular formula is C14H21N3O2. The van der Waals surface area contributed by atoms with E-state index in [2.05, 4.69) is 10.3 Å². The minimum atomic E-state index is 0.196. The van der Waals surface area contributed by atoms with Crippen LogP contribution in [0.5, 0.6) is 5.88 Å². The molecule has 0 aliphatic carbocycles. The molecule has 1 amide bonds. The van der Waals surface area contributed by atoms with Crippen molar-refractivity contribution in [1.82, 2.24) is 15.2 Å². The molecule has 1 aliphatic rings. The average Bonchev–Trinajstić information content (AvgIpc) is 2.49. The van der Waals surface area contributed by atoms with E-state index in [0.717, 1.165) is 31.5 Å². The third-order valence-electron chi connectivity index (χ3n) is 3.32. The summed E-state index contributed by atoms with van der Waals surface area (Å²) in [6.45, 7) is 2.86. The van der Waals surface area contributed by atoms with Gasteiger partial charge in [-0.15, -0.1) is 0 Å². The summed E-state index contributed by atoms with van der Waals surface area (Å²) in [5, 5.41) is 3.16. The predicted molar refractivity (Wildman–Crippen MR) is 72.9 cm³/mol. The molecule has 0 unspecified atom stereocenters. The Bertz CT molecular complexity index is 400. The number of carbonyl (C=O) groups excluding carboxylic acids is 1. The molecule has 5 nitrogen and oxygen atoms in total. The maximum Gasteiger partial charge on any atom is 0.236 e. The van der Waals surface area contributed by atoms with E-state index in [9.17, 15) is 4.79 Å². The van der Waals surface area contributed by atoms with Crippen LogP contribution in [0.4, 0.5) is 0 Å². The summed E-state index contributed by atoms with van der Waals surface area (Å²) in [5.41, 5.74) is 1.05. The SMILES string of the molecule is COc1ccc(CNCC(=O)N2CCCCC2)cn1. The molecule has 1 aromatic rings. The van der Waals surface area contributed by atoms with Gasteiger partial charge in [0.2, 0.25) is 11.8 Å². The number of nitrogens with one attached hydrogen (secondary N) is 1. The Balaban J connectivity index is 1.71. The maximum atomic E-state index is 11.9. The van der Waals surface area contributed by atoms with Crippen LogP contribution in [0.15, 0.2) is 18.3 Å². The molecule has 0 radical (unpaired) electrons. The van der Waals surface area contributed by atoms with Crippen LogP contribution >= 0.6 is 0 Å². The first-order valence-electron chi connectivity index (χ1n) is 6.77. The molecule has 2 rings (SSSR count). The molecule has 1 aliphatic heterocycles. The van der Waals surface area contributed by atoms with Crippen LogP contribution in [0.3, 0.4) is 0 Å². The molecule has 0 aromatic carbocycles. The molecule has 1 saturated heterocycles. The van der Waals surface area contributed by atoms with Crippen molar-refractivity contribution in [2.24, 2.45) is 0 Å². The van der Waals surface area contributed by atoms with E-state index in [-0.39, 0.29) is 5.91 Å². The number of aromatic nitrogens is 1. The molecule has 19 heavy (non-hydrogen) atoms. The summed E-state index contributed by atoms with van der Waals surface area (Å²) < 4.78 is 5.00. The minimum Gasteiger partial charge on any atom is -0.481 e. The Morgan fingerprint density at radius 3 is 2.79 bits per heavy atom. The summed E-state index contributed by atoms with van der Waals surface area (Å²) in [5.74, 6) is 0.800. The number of carbonyl (C=O) groups is 1. The second-order valence-electron chi connectivity index (χ2n) is 4.75. The van der Waals surface area contributed by atoms with E-state index in [4.69, 9.17) is 4.74 Å². The van der Waals surface area contributed by atoms with E-state index < -0.39 is 0 Å². The number of hydrogen-bond donors (Lipinski definition) is 1. The largest absolute Gasteiger partial charge is 0.481 e. The molecule has 1 N–H and O–H groups in total. The van der Waals surface area contributed by atoms with Gasteiger partial charge in [0, 0.05) is 31.9 Å². The molecule has 1 fully saturated rings. The molecule has 2 heterocycles. The zero-order chi connectivity index (χ0) is 13.5. The second-order valence-corrected chi connectivity index (χ2v) is 4.75. The van der Waals surface area contributed by atoms with Gasteiger partial charge in [-0.3, -0.25) is 4.79 Å². The van der Waals surface area contributed by atoms with Crippen molar-refractivity contribution >= 4 is 5.91 Å². The van der Waals surface area contributed by atoms with Gasteiger partial charge in [-0.1, -0.05) is 6.07 Å². The van der Waals surface area contributed by atoms with Crippen molar-refractivity contribution in [3.8, 4) is 5.88 Å². The Kier molecular flexibility index (Phi) is 5.15. The van der Waals surface area contributed by atoms with E-state index in [1.165, 1.54) is 6.42 Å². The van der Waals surface area contributed by atoms with Crippen molar-refractivity contribution in [3.63, 3.8) is 0 Å². The predicted octanol–water partition coefficient (Wildman–Crippen LogP) is 1.19. The Hall–Kier alpha value is -1.62. The fourth-order valence-corrected chi connectivity index (χ4v) is 2.21. The Morgan fingerprint density at radius 1 is 1.37 bits per heavy atom. The van der Waals surface area contributed by atoms with Crippen molar-refractivity contribution in [3.05, 3.63) is 23.9 Å². The van der Waals surface area contributed by atoms with E-state index >= 15 is 0 Å². The van der Waals surface area contributed by atoms with Gasteiger partial charge < -0.3 is 15.0 Å². The van der Waals surface area contributed by atoms with E-state index in [0.29, 0.717) is 19.0 Å². The average molecular weight is 263 g/mol. The number of pyridine rings is 1. The van der Waals surface area contributed by atoms with Gasteiger partial charge in [0.25, 0.3) is 0 Å². The van der Waals surface area contributed by atoms with Gasteiger partial charge in [-0.25, -0.2) is 4.98 Å². The number of ether oxygens (including phenoxy) is 1. The monoisotopic (exact) mass is 263 g/mol. The number of piperidine rings is 1. The normalized spacial score (nSPS) is 15.3. The molecule has 104 valence electrons. The molecule has 5 heteroatoms. The number of rotatable bonds is 5. The standard InChI is InChI=1S/C14H21N3O2/c1-19-13-6-5-12(10-16-13)9-15-11-14(18)17-7-3-2-4-8-17/h5-6,10,15H,2-4,7-9,11H2,1H3. The van der Waals surface area contributed by atoms with E-state index in [1.54, 1.807) is 13.3 Å². The second kappa shape index (κ2) is 7.09. The number of amides is 1. The first-order valence-corrected chi connectivity index (χ1v) is 6.77. The zero-order valence-corrected chi connectivity index (χ0v) is 11.4. The topological polar surface area (TPSA) is 54.5 Å². The fraction of sp³-hybridized carbons (Fsp3) is 0.571. The first kappa shape index (κ1) is 13.8. The van der Waals surface area contributed by atoms with Gasteiger partial charge in [-0.05, 0) is 24.8 Å². The third-order valence-corrected chi connectivity index (χ3v) is 3.32. The third kappa shape index (κ3) is 4.21. The van der Waals surface area contributed by atoms with Gasteiger partial charge in [0.05, 0.1) is 13.7 Å². The van der Waals surface area contributed by atoms with Crippen molar-refractivity contribution in [2.75, 3.05) is 26.7 Å². The van der Waals surface area contributed by atoms with Gasteiger partial charge in [0.15, 0.2) is 0 Å². The van der Waals surface area contributed by atoms with Crippen LogP contribution in [0.2, 0.25) is 0 Å². The van der Waals surface area contributed by atoms with Crippen LogP contribution in [-0.4, -0.2) is 42.5 Å². The van der Waals surface area contributed by atoms with Crippen LogP contribution in [-0.2, 0) is 11.3 Å². The number of methoxy groups -OCH3 is 1. The fourth-order valence-electron chi connectivity index (χ4n) is 2.21. The highest BCUT2D eigenvalue weighted by atomic mass is 16.5. The molecule has 0 atom stereocenters. The minimum absolute atomic E-state index is 0.196. The smallest absolute Gasteiger partial charge is 0.236 e. The van der Waals surface area contributed by atoms with Gasteiger partial charge in [-0.2, -0.15) is 0 Å². The molecule has 1 aromatic heterocycles. The Labute approximate surface area is 114 Å². The van der Waals surface area contributed by atoms with Crippen molar-refractivity contribution < 1.29 is 9.53 Å². The summed E-state index contributed by atoms with van der Waals surface area (Å²) in [6, 6.07) is 3.77. The maximum absolute atomic E-state index is 11.9. The molecule has 0 spiro atoms. The highest BCUT2D eigenvalue weighted by molar-refractivity contribution is 5.78. The van der Waals surface area contributed by atoms with Gasteiger partial charge >= 0.3 is 0 Å². The summed E-state index contributed by atoms with van der Waals surface area (Å²) in [4.78, 5) is 18.0. The number of likely N-dealkylation sites (tertiary alicyclic amines) is 1. The lowest BCUT2D eigenvalue weighted by Gasteiger charge is -2.26. The van der Waals surface area contributed by atoms with Crippen LogP contribution in [0, 0.1) is 0 Å². The van der Waals surface area contributed by atoms with Gasteiger partial charge in [0.1, 0.15) is 0 Å². The highest BCUT2D eigenvalue weighted by Gasteiger charge is 2.15. The Morgan fingerprint density at radius 2 is 2.16 bits per heavy atom. The zero-order valence-electron chi connectivity index (χ0n) is 11.4. The summed E-state index contributed by atoms with van der Waals surface area (Å²) in [6.07, 6.45) is 5.27. The summed E-state index contributed by atoms with van der Waals surface area (Å²) >= 11 is 0. The van der Waals surface area contributed by atoms with Crippen molar-refractivity contribution in [1.29, 1.82) is 0 Å². The molecule has 0 bridgehead atoms. The molecular weight excluding hydrogens is 242 g/mol. The van der Waals surface area contributed by atoms with Crippen LogP contribution < -0.4 is 10.1 Å². The van der Waals surface area contributed by atoms with Crippen LogP contribution in [0.25, 0.3) is 0 Å².